The Kier molecular flexibility index (Phi) is 13.7. The smallest absolute Gasteiger partial charge is 0.215 e. The zero-order valence-electron chi connectivity index (χ0n) is 20.2. The van der Waals surface area contributed by atoms with E-state index in [1.807, 2.05) is 34.6 Å². The predicted octanol–water partition coefficient (Wildman–Crippen LogP) is 6.37. The normalized spacial score (nSPS) is 15.4. The number of amides is 1. The van der Waals surface area contributed by atoms with Gasteiger partial charge in [-0.05, 0) is 83.5 Å². The number of halogens is 1. The predicted molar refractivity (Wildman–Crippen MR) is 132 cm³/mol. The van der Waals surface area contributed by atoms with Crippen molar-refractivity contribution in [2.75, 3.05) is 7.05 Å². The lowest BCUT2D eigenvalue weighted by molar-refractivity contribution is -0.117. The maximum atomic E-state index is 14.7. The third-order valence-electron chi connectivity index (χ3n) is 4.78. The maximum Gasteiger partial charge on any atom is 0.215 e. The molecule has 0 aromatic heterocycles. The van der Waals surface area contributed by atoms with E-state index in [1.165, 1.54) is 23.1 Å². The van der Waals surface area contributed by atoms with E-state index in [9.17, 15) is 14.1 Å². The Labute approximate surface area is 190 Å². The second-order valence-electron chi connectivity index (χ2n) is 6.84. The standard InChI is InChI=1S/C25H33FN4O2/c1-9-13-18(3)22(7)30(17-31)25(19(4)21(6)27-8)29-24(14-10-2)20(5)23(26)15-11-12-16-28-32/h9-12,14-17,22H,1-8H3/b14-10-,15-11-,16-12+,23-20+,25-19-,27-21-,29-24+. The highest BCUT2D eigenvalue weighted by molar-refractivity contribution is 6.09. The van der Waals surface area contributed by atoms with Gasteiger partial charge in [-0.25, -0.2) is 9.38 Å². The lowest BCUT2D eigenvalue weighted by Crippen LogP contribution is -2.33. The van der Waals surface area contributed by atoms with Crippen LogP contribution in [0.4, 0.5) is 4.39 Å². The van der Waals surface area contributed by atoms with Crippen molar-refractivity contribution >= 4 is 17.8 Å². The van der Waals surface area contributed by atoms with Crippen molar-refractivity contribution < 1.29 is 9.18 Å². The summed E-state index contributed by atoms with van der Waals surface area (Å²) >= 11 is 0. The van der Waals surface area contributed by atoms with E-state index in [0.717, 1.165) is 11.8 Å². The Hall–Kier alpha value is -3.44. The van der Waals surface area contributed by atoms with Gasteiger partial charge < -0.3 is 0 Å². The topological polar surface area (TPSA) is 74.5 Å². The quantitative estimate of drug-likeness (QED) is 0.123. The summed E-state index contributed by atoms with van der Waals surface area (Å²) in [5.41, 5.74) is 5.95. The van der Waals surface area contributed by atoms with Crippen molar-refractivity contribution in [2.24, 2.45) is 15.2 Å². The van der Waals surface area contributed by atoms with E-state index in [4.69, 9.17) is 0 Å². The van der Waals surface area contributed by atoms with Gasteiger partial charge in [0.1, 0.15) is 11.6 Å². The molecule has 0 aliphatic carbocycles. The number of allylic oxidation sites excluding steroid dienone is 8. The summed E-state index contributed by atoms with van der Waals surface area (Å²) < 4.78 is 14.7. The van der Waals surface area contributed by atoms with Gasteiger partial charge >= 0.3 is 0 Å². The van der Waals surface area contributed by atoms with Crippen LogP contribution in [0.5, 0.6) is 0 Å². The highest BCUT2D eigenvalue weighted by Crippen LogP contribution is 2.22. The first-order valence-electron chi connectivity index (χ1n) is 10.2. The van der Waals surface area contributed by atoms with Gasteiger partial charge in [0.25, 0.3) is 0 Å². The van der Waals surface area contributed by atoms with Crippen LogP contribution in [-0.2, 0) is 4.79 Å². The second kappa shape index (κ2) is 15.4. The number of nitrogens with zero attached hydrogens (tertiary/aromatic N) is 4. The van der Waals surface area contributed by atoms with Crippen LogP contribution < -0.4 is 0 Å². The van der Waals surface area contributed by atoms with Gasteiger partial charge in [-0.15, -0.1) is 10.6 Å². The summed E-state index contributed by atoms with van der Waals surface area (Å²) in [6.45, 7) is 12.6. The number of carbonyl (C=O) groups is 1. The Morgan fingerprint density at radius 2 is 1.72 bits per heavy atom. The average Bonchev–Trinajstić information content (AvgIpc) is 2.79. The zero-order valence-corrected chi connectivity index (χ0v) is 20.2. The van der Waals surface area contributed by atoms with Gasteiger partial charge in [0.05, 0.1) is 18.0 Å². The summed E-state index contributed by atoms with van der Waals surface area (Å²) in [5, 5.41) is 2.58. The molecule has 0 fully saturated rings. The number of hydrogen-bond acceptors (Lipinski definition) is 5. The van der Waals surface area contributed by atoms with Gasteiger partial charge in [-0.3, -0.25) is 14.7 Å². The molecule has 0 rings (SSSR count). The molecule has 6 nitrogen and oxygen atoms in total. The minimum absolute atomic E-state index is 0.266. The Balaban J connectivity index is 6.94. The molecule has 0 saturated carbocycles. The lowest BCUT2D eigenvalue weighted by Gasteiger charge is -2.27. The first kappa shape index (κ1) is 28.6. The number of aliphatic imine (C=N–C) groups is 2. The second-order valence-corrected chi connectivity index (χ2v) is 6.84. The Morgan fingerprint density at radius 1 is 1.06 bits per heavy atom. The maximum absolute atomic E-state index is 14.7. The fraction of sp³-hybridized carbons (Fsp3) is 0.360. The third kappa shape index (κ3) is 8.74. The monoisotopic (exact) mass is 440 g/mol. The zero-order chi connectivity index (χ0) is 24.7. The summed E-state index contributed by atoms with van der Waals surface area (Å²) in [7, 11) is 1.66. The van der Waals surface area contributed by atoms with Crippen molar-refractivity contribution in [1.29, 1.82) is 0 Å². The molecule has 0 aromatic rings. The number of rotatable bonds is 11. The molecule has 0 spiro atoms. The van der Waals surface area contributed by atoms with Crippen molar-refractivity contribution in [2.45, 2.75) is 54.5 Å². The van der Waals surface area contributed by atoms with Gasteiger partial charge in [-0.1, -0.05) is 12.2 Å². The number of nitroso groups, excluding NO2 is 1. The fourth-order valence-corrected chi connectivity index (χ4v) is 2.54. The van der Waals surface area contributed by atoms with Crippen LogP contribution in [0.3, 0.4) is 0 Å². The van der Waals surface area contributed by atoms with Gasteiger partial charge in [0, 0.05) is 23.9 Å². The van der Waals surface area contributed by atoms with Crippen LogP contribution >= 0.6 is 0 Å². The molecule has 1 amide bonds. The first-order chi connectivity index (χ1) is 15.2. The molecule has 0 radical (unpaired) electrons. The molecule has 0 N–H and O–H groups in total. The van der Waals surface area contributed by atoms with Gasteiger partial charge in [-0.2, -0.15) is 0 Å². The van der Waals surface area contributed by atoms with E-state index >= 15 is 0 Å². The fourth-order valence-electron chi connectivity index (χ4n) is 2.54. The van der Waals surface area contributed by atoms with E-state index < -0.39 is 5.83 Å². The molecule has 1 unspecified atom stereocenters. The molecule has 0 heterocycles. The van der Waals surface area contributed by atoms with Crippen molar-refractivity contribution in [3.8, 4) is 0 Å². The molecule has 0 saturated heterocycles. The largest absolute Gasteiger partial charge is 0.293 e. The molecule has 1 atom stereocenters. The van der Waals surface area contributed by atoms with Gasteiger partial charge in [0.2, 0.25) is 6.41 Å². The highest BCUT2D eigenvalue weighted by Gasteiger charge is 2.21. The van der Waals surface area contributed by atoms with Crippen LogP contribution in [0.25, 0.3) is 0 Å². The van der Waals surface area contributed by atoms with E-state index in [2.05, 4.69) is 20.9 Å². The van der Waals surface area contributed by atoms with E-state index in [-0.39, 0.29) is 11.6 Å². The molecule has 0 aliphatic rings. The molecule has 172 valence electrons. The Morgan fingerprint density at radius 3 is 2.22 bits per heavy atom. The molecule has 0 bridgehead atoms. The summed E-state index contributed by atoms with van der Waals surface area (Å²) in [5.74, 6) is -0.173. The summed E-state index contributed by atoms with van der Waals surface area (Å²) in [4.78, 5) is 32.6. The van der Waals surface area contributed by atoms with E-state index in [0.29, 0.717) is 29.2 Å². The van der Waals surface area contributed by atoms with Crippen LogP contribution in [-0.4, -0.2) is 35.8 Å². The van der Waals surface area contributed by atoms with Crippen molar-refractivity contribution in [3.63, 3.8) is 0 Å². The van der Waals surface area contributed by atoms with Crippen LogP contribution in [0.2, 0.25) is 0 Å². The molecular formula is C25H33FN4O2. The van der Waals surface area contributed by atoms with Crippen LogP contribution in [0.15, 0.2) is 91.9 Å². The molecule has 0 aromatic carbocycles. The highest BCUT2D eigenvalue weighted by atomic mass is 19.1. The SMILES string of the molecule is CC=C=C(C)C(C)N(C=O)C(/N=C(\C=C/C)C(/C)=C(F)\C=C/C=C/N=O)=C(C)\C(C)=N/C. The molecule has 7 heteroatoms. The molecule has 0 aliphatic heterocycles. The molecular weight excluding hydrogens is 407 g/mol. The van der Waals surface area contributed by atoms with Crippen molar-refractivity contribution in [3.05, 3.63) is 81.7 Å². The van der Waals surface area contributed by atoms with Gasteiger partial charge in [0.15, 0.2) is 0 Å². The average molecular weight is 441 g/mol. The summed E-state index contributed by atoms with van der Waals surface area (Å²) in [6.07, 6.45) is 10.8. The number of hydrogen-bond donors (Lipinski definition) is 0. The minimum Gasteiger partial charge on any atom is -0.293 e. The third-order valence-corrected chi connectivity index (χ3v) is 4.78. The Bertz CT molecular complexity index is 956. The van der Waals surface area contributed by atoms with Crippen LogP contribution in [0, 0.1) is 4.91 Å². The van der Waals surface area contributed by atoms with E-state index in [1.54, 1.807) is 39.1 Å². The van der Waals surface area contributed by atoms with Crippen molar-refractivity contribution in [1.82, 2.24) is 4.90 Å². The number of carbonyl (C=O) groups excluding carboxylic acids is 1. The minimum atomic E-state index is -0.536. The lowest BCUT2D eigenvalue weighted by atomic mass is 10.1. The first-order valence-corrected chi connectivity index (χ1v) is 10.2. The summed E-state index contributed by atoms with van der Waals surface area (Å²) in [6, 6.07) is -0.330. The van der Waals surface area contributed by atoms with Crippen LogP contribution in [0.1, 0.15) is 48.5 Å². The molecule has 32 heavy (non-hydrogen) atoms.